The van der Waals surface area contributed by atoms with Gasteiger partial charge in [-0.2, -0.15) is 0 Å². The molecule has 2 aliphatic rings. The van der Waals surface area contributed by atoms with E-state index in [2.05, 4.69) is 24.5 Å². The van der Waals surface area contributed by atoms with E-state index in [1.807, 2.05) is 0 Å². The summed E-state index contributed by atoms with van der Waals surface area (Å²) in [6, 6.07) is -0.124. The van der Waals surface area contributed by atoms with Crippen molar-refractivity contribution in [2.75, 3.05) is 0 Å². The lowest BCUT2D eigenvalue weighted by atomic mass is 9.77. The van der Waals surface area contributed by atoms with Crippen LogP contribution in [-0.4, -0.2) is 28.7 Å². The number of carbonyl (C=O) groups is 2. The summed E-state index contributed by atoms with van der Waals surface area (Å²) in [5.41, 5.74) is -1.07. The van der Waals surface area contributed by atoms with E-state index in [4.69, 9.17) is 0 Å². The zero-order chi connectivity index (χ0) is 15.5. The van der Waals surface area contributed by atoms with Crippen LogP contribution < -0.4 is 10.6 Å². The molecule has 0 spiro atoms. The summed E-state index contributed by atoms with van der Waals surface area (Å²) in [6.45, 7) is 4.37. The third kappa shape index (κ3) is 4.11. The molecule has 0 atom stereocenters. The fraction of sp³-hybridized carbons (Fsp3) is 0.875. The SMILES string of the molecule is CC1CCC(NC(=O)NC2(C(=O)O)CCC(C)CC2)CC1. The third-order valence-electron chi connectivity index (χ3n) is 5.24. The van der Waals surface area contributed by atoms with Crippen molar-refractivity contribution in [3.63, 3.8) is 0 Å². The first-order valence-electron chi connectivity index (χ1n) is 8.23. The van der Waals surface area contributed by atoms with Crippen molar-refractivity contribution in [2.24, 2.45) is 11.8 Å². The smallest absolute Gasteiger partial charge is 0.329 e. The minimum atomic E-state index is -1.07. The number of urea groups is 1. The second kappa shape index (κ2) is 6.67. The molecule has 0 unspecified atom stereocenters. The summed E-state index contributed by atoms with van der Waals surface area (Å²) in [5.74, 6) is 0.375. The van der Waals surface area contributed by atoms with Crippen molar-refractivity contribution in [1.82, 2.24) is 10.6 Å². The van der Waals surface area contributed by atoms with Crippen LogP contribution in [0.15, 0.2) is 0 Å². The Labute approximate surface area is 126 Å². The molecule has 3 N–H and O–H groups in total. The van der Waals surface area contributed by atoms with E-state index in [0.717, 1.165) is 44.4 Å². The monoisotopic (exact) mass is 296 g/mol. The maximum atomic E-state index is 12.2. The molecule has 0 heterocycles. The highest BCUT2D eigenvalue weighted by Gasteiger charge is 2.42. The fourth-order valence-electron chi connectivity index (χ4n) is 3.49. The van der Waals surface area contributed by atoms with Crippen LogP contribution >= 0.6 is 0 Å². The average Bonchev–Trinajstić information content (AvgIpc) is 2.44. The topological polar surface area (TPSA) is 78.4 Å². The second-order valence-electron chi connectivity index (χ2n) is 7.13. The number of rotatable bonds is 3. The maximum Gasteiger partial charge on any atom is 0.329 e. The molecule has 120 valence electrons. The molecule has 2 fully saturated rings. The highest BCUT2D eigenvalue weighted by Crippen LogP contribution is 2.32. The van der Waals surface area contributed by atoms with Gasteiger partial charge in [0.15, 0.2) is 0 Å². The van der Waals surface area contributed by atoms with Gasteiger partial charge in [-0.05, 0) is 63.2 Å². The predicted octanol–water partition coefficient (Wildman–Crippen LogP) is 2.90. The maximum absolute atomic E-state index is 12.2. The molecule has 2 amide bonds. The lowest BCUT2D eigenvalue weighted by Gasteiger charge is -2.37. The van der Waals surface area contributed by atoms with E-state index in [0.29, 0.717) is 18.8 Å². The highest BCUT2D eigenvalue weighted by molar-refractivity contribution is 5.86. The molecule has 0 radical (unpaired) electrons. The lowest BCUT2D eigenvalue weighted by molar-refractivity contribution is -0.146. The number of hydrogen-bond acceptors (Lipinski definition) is 2. The van der Waals surface area contributed by atoms with Gasteiger partial charge in [-0.1, -0.05) is 13.8 Å². The quantitative estimate of drug-likeness (QED) is 0.749. The lowest BCUT2D eigenvalue weighted by Crippen LogP contribution is -2.59. The summed E-state index contributed by atoms with van der Waals surface area (Å²) in [5, 5.41) is 15.2. The zero-order valence-corrected chi connectivity index (χ0v) is 13.2. The van der Waals surface area contributed by atoms with Gasteiger partial charge in [-0.15, -0.1) is 0 Å². The first-order chi connectivity index (χ1) is 9.91. The Morgan fingerprint density at radius 1 is 0.952 bits per heavy atom. The van der Waals surface area contributed by atoms with Crippen molar-refractivity contribution in [3.8, 4) is 0 Å². The predicted molar refractivity (Wildman–Crippen MR) is 81.1 cm³/mol. The standard InChI is InChI=1S/C16H28N2O3/c1-11-3-5-13(6-4-11)17-15(21)18-16(14(19)20)9-7-12(2)8-10-16/h11-13H,3-10H2,1-2H3,(H,19,20)(H2,17,18,21). The Morgan fingerprint density at radius 2 is 1.48 bits per heavy atom. The molecule has 5 nitrogen and oxygen atoms in total. The molecule has 0 aliphatic heterocycles. The molecular formula is C16H28N2O3. The number of carboxylic acids is 1. The van der Waals surface area contributed by atoms with Crippen molar-refractivity contribution in [2.45, 2.75) is 76.8 Å². The zero-order valence-electron chi connectivity index (χ0n) is 13.2. The minimum Gasteiger partial charge on any atom is -0.480 e. The number of nitrogens with one attached hydrogen (secondary N) is 2. The van der Waals surface area contributed by atoms with Gasteiger partial charge in [0.1, 0.15) is 5.54 Å². The molecule has 0 bridgehead atoms. The summed E-state index contributed by atoms with van der Waals surface area (Å²) < 4.78 is 0. The van der Waals surface area contributed by atoms with Crippen molar-refractivity contribution in [3.05, 3.63) is 0 Å². The number of hydrogen-bond donors (Lipinski definition) is 3. The van der Waals surface area contributed by atoms with Crippen molar-refractivity contribution < 1.29 is 14.7 Å². The summed E-state index contributed by atoms with van der Waals surface area (Å²) >= 11 is 0. The summed E-state index contributed by atoms with van der Waals surface area (Å²) in [4.78, 5) is 23.8. The molecule has 2 saturated carbocycles. The Hall–Kier alpha value is -1.26. The van der Waals surface area contributed by atoms with Crippen LogP contribution in [0.25, 0.3) is 0 Å². The Kier molecular flexibility index (Phi) is 5.12. The van der Waals surface area contributed by atoms with E-state index in [1.54, 1.807) is 0 Å². The molecule has 5 heteroatoms. The van der Waals surface area contributed by atoms with Crippen LogP contribution in [0.2, 0.25) is 0 Å². The van der Waals surface area contributed by atoms with E-state index in [-0.39, 0.29) is 12.1 Å². The van der Waals surface area contributed by atoms with Gasteiger partial charge in [0.2, 0.25) is 0 Å². The molecule has 2 aliphatic carbocycles. The first kappa shape index (κ1) is 16.1. The van der Waals surface area contributed by atoms with Gasteiger partial charge in [0.25, 0.3) is 0 Å². The van der Waals surface area contributed by atoms with Crippen LogP contribution in [0.5, 0.6) is 0 Å². The minimum absolute atomic E-state index is 0.189. The highest BCUT2D eigenvalue weighted by atomic mass is 16.4. The van der Waals surface area contributed by atoms with Crippen molar-refractivity contribution >= 4 is 12.0 Å². The van der Waals surface area contributed by atoms with Gasteiger partial charge < -0.3 is 15.7 Å². The Morgan fingerprint density at radius 3 is 2.00 bits per heavy atom. The van der Waals surface area contributed by atoms with Crippen LogP contribution in [0.1, 0.15) is 65.2 Å². The molecule has 0 aromatic heterocycles. The first-order valence-corrected chi connectivity index (χ1v) is 8.23. The van der Waals surface area contributed by atoms with Gasteiger partial charge in [0, 0.05) is 6.04 Å². The molecular weight excluding hydrogens is 268 g/mol. The van der Waals surface area contributed by atoms with Gasteiger partial charge in [-0.25, -0.2) is 9.59 Å². The molecule has 0 aromatic carbocycles. The third-order valence-corrected chi connectivity index (χ3v) is 5.24. The van der Waals surface area contributed by atoms with Crippen molar-refractivity contribution in [1.29, 1.82) is 0 Å². The van der Waals surface area contributed by atoms with Crippen LogP contribution in [0, 0.1) is 11.8 Å². The molecule has 2 rings (SSSR count). The largest absolute Gasteiger partial charge is 0.480 e. The van der Waals surface area contributed by atoms with Gasteiger partial charge in [0.05, 0.1) is 0 Å². The summed E-state index contributed by atoms with van der Waals surface area (Å²) in [6.07, 6.45) is 7.01. The fourth-order valence-corrected chi connectivity index (χ4v) is 3.49. The molecule has 0 saturated heterocycles. The van der Waals surface area contributed by atoms with Crippen LogP contribution in [0.4, 0.5) is 4.79 Å². The van der Waals surface area contributed by atoms with Gasteiger partial charge >= 0.3 is 12.0 Å². The Balaban J connectivity index is 1.88. The number of amides is 2. The van der Waals surface area contributed by atoms with Gasteiger partial charge in [-0.3, -0.25) is 0 Å². The van der Waals surface area contributed by atoms with Crippen LogP contribution in [0.3, 0.4) is 0 Å². The molecule has 21 heavy (non-hydrogen) atoms. The second-order valence-corrected chi connectivity index (χ2v) is 7.13. The normalized spacial score (nSPS) is 36.8. The average molecular weight is 296 g/mol. The van der Waals surface area contributed by atoms with Crippen LogP contribution in [-0.2, 0) is 4.79 Å². The van der Waals surface area contributed by atoms with E-state index < -0.39 is 11.5 Å². The number of carboxylic acid groups (broad SMARTS) is 1. The number of carbonyl (C=O) groups excluding carboxylic acids is 1. The molecule has 0 aromatic rings. The van der Waals surface area contributed by atoms with E-state index in [1.165, 1.54) is 0 Å². The van der Waals surface area contributed by atoms with E-state index in [9.17, 15) is 14.7 Å². The number of aliphatic carboxylic acids is 1. The summed E-state index contributed by atoms with van der Waals surface area (Å²) in [7, 11) is 0. The van der Waals surface area contributed by atoms with E-state index >= 15 is 0 Å². The Bertz CT molecular complexity index is 381.